The predicted octanol–water partition coefficient (Wildman–Crippen LogP) is 5.09. The summed E-state index contributed by atoms with van der Waals surface area (Å²) in [5.41, 5.74) is 2.50. The van der Waals surface area contributed by atoms with Crippen molar-refractivity contribution in [2.75, 3.05) is 16.8 Å². The van der Waals surface area contributed by atoms with Gasteiger partial charge >= 0.3 is 0 Å². The van der Waals surface area contributed by atoms with E-state index >= 15 is 0 Å². The van der Waals surface area contributed by atoms with Crippen molar-refractivity contribution in [1.29, 1.82) is 5.26 Å². The number of carbonyl (C=O) groups excluding carboxylic acids is 3. The van der Waals surface area contributed by atoms with Gasteiger partial charge in [-0.15, -0.1) is 11.3 Å². The molecule has 1 atom stereocenters. The summed E-state index contributed by atoms with van der Waals surface area (Å²) >= 11 is 4.76. The maximum absolute atomic E-state index is 12.8. The number of nitrogens with zero attached hydrogens (tertiary/aromatic N) is 2. The first-order chi connectivity index (χ1) is 15.2. The molecule has 0 spiro atoms. The second-order valence-electron chi connectivity index (χ2n) is 9.03. The number of benzene rings is 1. The summed E-state index contributed by atoms with van der Waals surface area (Å²) in [6.45, 7) is 6.50. The Labute approximate surface area is 199 Å². The largest absolute Gasteiger partial charge is 0.315 e. The van der Waals surface area contributed by atoms with Crippen molar-refractivity contribution in [3.05, 3.63) is 44.2 Å². The first kappa shape index (κ1) is 22.7. The number of halogens is 1. The first-order valence-electron chi connectivity index (χ1n) is 10.7. The summed E-state index contributed by atoms with van der Waals surface area (Å²) in [5, 5.41) is 13.1. The van der Waals surface area contributed by atoms with Gasteiger partial charge in [-0.25, -0.2) is 0 Å². The van der Waals surface area contributed by atoms with Gasteiger partial charge in [0.2, 0.25) is 5.91 Å². The van der Waals surface area contributed by atoms with E-state index in [1.165, 1.54) is 16.2 Å². The molecule has 32 heavy (non-hydrogen) atoms. The van der Waals surface area contributed by atoms with E-state index in [2.05, 4.69) is 48.1 Å². The molecule has 0 radical (unpaired) electrons. The van der Waals surface area contributed by atoms with Crippen LogP contribution in [0.15, 0.2) is 22.7 Å². The van der Waals surface area contributed by atoms with Gasteiger partial charge in [0, 0.05) is 9.35 Å². The van der Waals surface area contributed by atoms with E-state index in [4.69, 9.17) is 0 Å². The van der Waals surface area contributed by atoms with Gasteiger partial charge in [0.05, 0.1) is 16.8 Å². The second kappa shape index (κ2) is 8.45. The van der Waals surface area contributed by atoms with Crippen molar-refractivity contribution in [3.8, 4) is 6.07 Å². The Morgan fingerprint density at radius 1 is 1.38 bits per heavy atom. The molecule has 2 amide bonds. The van der Waals surface area contributed by atoms with Crippen LogP contribution >= 0.6 is 27.3 Å². The summed E-state index contributed by atoms with van der Waals surface area (Å²) in [4.78, 5) is 39.9. The molecule has 2 aromatic rings. The van der Waals surface area contributed by atoms with Crippen molar-refractivity contribution in [2.45, 2.75) is 46.5 Å². The molecular weight excluding hydrogens is 490 g/mol. The van der Waals surface area contributed by atoms with Crippen LogP contribution in [-0.2, 0) is 22.4 Å². The average Bonchev–Trinajstić information content (AvgIpc) is 3.22. The van der Waals surface area contributed by atoms with Crippen LogP contribution in [0.4, 0.5) is 10.7 Å². The van der Waals surface area contributed by atoms with Crippen LogP contribution < -0.4 is 10.2 Å². The van der Waals surface area contributed by atoms with Crippen molar-refractivity contribution in [3.63, 3.8) is 0 Å². The molecule has 0 saturated heterocycles. The average molecular weight is 514 g/mol. The third-order valence-corrected chi connectivity index (χ3v) is 8.54. The smallest absolute Gasteiger partial charge is 0.299 e. The SMILES string of the molecule is CCC(C)(C)[C@@H]1CCc2c(sc(NC(=O)CN3C(=O)C(=O)c4cc(Br)ccc43)c2C#N)C1. The van der Waals surface area contributed by atoms with E-state index in [1.807, 2.05) is 0 Å². The molecule has 1 aromatic heterocycles. The van der Waals surface area contributed by atoms with E-state index < -0.39 is 17.6 Å². The Kier molecular flexibility index (Phi) is 5.99. The Morgan fingerprint density at radius 2 is 2.12 bits per heavy atom. The molecule has 4 rings (SSSR count). The highest BCUT2D eigenvalue weighted by Gasteiger charge is 2.38. The third kappa shape index (κ3) is 3.89. The highest BCUT2D eigenvalue weighted by molar-refractivity contribution is 9.10. The number of Topliss-reactive ketones (excluding diaryl/α,β-unsaturated/α-hetero) is 1. The molecule has 8 heteroatoms. The predicted molar refractivity (Wildman–Crippen MR) is 128 cm³/mol. The summed E-state index contributed by atoms with van der Waals surface area (Å²) in [6.07, 6.45) is 3.86. The van der Waals surface area contributed by atoms with E-state index in [-0.39, 0.29) is 17.5 Å². The summed E-state index contributed by atoms with van der Waals surface area (Å²) < 4.78 is 0.691. The number of fused-ring (bicyclic) bond motifs is 2. The molecule has 1 N–H and O–H groups in total. The lowest BCUT2D eigenvalue weighted by atomic mass is 9.69. The third-order valence-electron chi connectivity index (χ3n) is 6.88. The second-order valence-corrected chi connectivity index (χ2v) is 11.1. The molecule has 6 nitrogen and oxygen atoms in total. The fourth-order valence-electron chi connectivity index (χ4n) is 4.49. The zero-order chi connectivity index (χ0) is 23.2. The number of amides is 2. The van der Waals surface area contributed by atoms with Gasteiger partial charge in [-0.2, -0.15) is 5.26 Å². The van der Waals surface area contributed by atoms with Crippen molar-refractivity contribution in [2.24, 2.45) is 11.3 Å². The van der Waals surface area contributed by atoms with E-state index in [0.717, 1.165) is 36.1 Å². The van der Waals surface area contributed by atoms with Crippen LogP contribution in [0.3, 0.4) is 0 Å². The lowest BCUT2D eigenvalue weighted by molar-refractivity contribution is -0.118. The van der Waals surface area contributed by atoms with Gasteiger partial charge < -0.3 is 5.32 Å². The molecule has 0 saturated carbocycles. The highest BCUT2D eigenvalue weighted by Crippen LogP contribution is 2.45. The van der Waals surface area contributed by atoms with E-state index in [1.54, 1.807) is 18.2 Å². The lowest BCUT2D eigenvalue weighted by Gasteiger charge is -2.36. The number of ketones is 1. The summed E-state index contributed by atoms with van der Waals surface area (Å²) in [5.74, 6) is -1.23. The lowest BCUT2D eigenvalue weighted by Crippen LogP contribution is -2.37. The Balaban J connectivity index is 1.54. The minimum atomic E-state index is -0.719. The van der Waals surface area contributed by atoms with E-state index in [9.17, 15) is 19.6 Å². The van der Waals surface area contributed by atoms with Gasteiger partial charge in [-0.1, -0.05) is 43.1 Å². The van der Waals surface area contributed by atoms with Crippen molar-refractivity contribution in [1.82, 2.24) is 0 Å². The minimum Gasteiger partial charge on any atom is -0.315 e. The Morgan fingerprint density at radius 3 is 2.81 bits per heavy atom. The summed E-state index contributed by atoms with van der Waals surface area (Å²) in [7, 11) is 0. The molecule has 2 aliphatic rings. The van der Waals surface area contributed by atoms with E-state index in [0.29, 0.717) is 26.6 Å². The maximum atomic E-state index is 12.8. The minimum absolute atomic E-state index is 0.225. The van der Waals surface area contributed by atoms with Crippen LogP contribution in [0, 0.1) is 22.7 Å². The standard InChI is InChI=1S/C24H24BrN3O3S/c1-4-24(2,3)13-5-7-15-17(11-26)22(32-19(15)9-13)27-20(29)12-28-18-8-6-14(25)10-16(18)21(30)23(28)31/h6,8,10,13H,4-5,7,9,12H2,1-3H3,(H,27,29)/t13-/m1/s1. The van der Waals surface area contributed by atoms with Gasteiger partial charge in [-0.3, -0.25) is 19.3 Å². The van der Waals surface area contributed by atoms with Gasteiger partial charge in [-0.05, 0) is 54.4 Å². The maximum Gasteiger partial charge on any atom is 0.299 e. The first-order valence-corrected chi connectivity index (χ1v) is 12.3. The zero-order valence-electron chi connectivity index (χ0n) is 18.3. The summed E-state index contributed by atoms with van der Waals surface area (Å²) in [6, 6.07) is 7.23. The molecule has 0 bridgehead atoms. The fourth-order valence-corrected chi connectivity index (χ4v) is 6.14. The van der Waals surface area contributed by atoms with Crippen LogP contribution in [0.1, 0.15) is 60.0 Å². The topological polar surface area (TPSA) is 90.3 Å². The zero-order valence-corrected chi connectivity index (χ0v) is 20.7. The van der Waals surface area contributed by atoms with Gasteiger partial charge in [0.25, 0.3) is 11.7 Å². The number of rotatable bonds is 5. The number of thiophene rings is 1. The van der Waals surface area contributed by atoms with Crippen LogP contribution in [-0.4, -0.2) is 24.1 Å². The molecule has 1 aliphatic heterocycles. The Bertz CT molecular complexity index is 1180. The molecule has 2 heterocycles. The van der Waals surface area contributed by atoms with Crippen LogP contribution in [0.5, 0.6) is 0 Å². The highest BCUT2D eigenvalue weighted by atomic mass is 79.9. The molecule has 0 unspecified atom stereocenters. The number of nitriles is 1. The molecular formula is C24H24BrN3O3S. The van der Waals surface area contributed by atoms with Gasteiger partial charge in [0.1, 0.15) is 17.6 Å². The molecule has 1 aliphatic carbocycles. The number of hydrogen-bond donors (Lipinski definition) is 1. The monoisotopic (exact) mass is 513 g/mol. The van der Waals surface area contributed by atoms with Crippen molar-refractivity contribution < 1.29 is 14.4 Å². The van der Waals surface area contributed by atoms with Crippen LogP contribution in [0.2, 0.25) is 0 Å². The number of anilines is 2. The van der Waals surface area contributed by atoms with Crippen molar-refractivity contribution >= 4 is 55.6 Å². The molecule has 166 valence electrons. The molecule has 1 aromatic carbocycles. The number of nitrogens with one attached hydrogen (secondary N) is 1. The quantitative estimate of drug-likeness (QED) is 0.563. The Hall–Kier alpha value is -2.50. The fraction of sp³-hybridized carbons (Fsp3) is 0.417. The normalized spacial score (nSPS) is 17.7. The number of hydrogen-bond acceptors (Lipinski definition) is 5. The number of carbonyl (C=O) groups is 3. The molecule has 0 fully saturated rings. The van der Waals surface area contributed by atoms with Gasteiger partial charge in [0.15, 0.2) is 0 Å². The van der Waals surface area contributed by atoms with Crippen LogP contribution in [0.25, 0.3) is 0 Å².